The molecule has 25 heavy (non-hydrogen) atoms. The van der Waals surface area contributed by atoms with E-state index in [4.69, 9.17) is 10.7 Å². The van der Waals surface area contributed by atoms with Gasteiger partial charge in [0.25, 0.3) is 0 Å². The van der Waals surface area contributed by atoms with Crippen molar-refractivity contribution in [1.82, 2.24) is 14.6 Å². The highest BCUT2D eigenvalue weighted by atomic mass is 15.3. The van der Waals surface area contributed by atoms with E-state index in [1.165, 1.54) is 31.4 Å². The number of hydrogen-bond acceptors (Lipinski definition) is 4. The standard InChI is InChI=1S/C20H31N5/c1-13-12-22-25-18(23-16-7-6-15(21)10-16)11-17(24-19(13)25)14(2)20(3)8-4-5-9-20/h11-12,14-16,23H,4-10,21H2,1-3H3/t14-,15-,16-/m0/s1. The van der Waals surface area contributed by atoms with Crippen LogP contribution in [0.15, 0.2) is 12.3 Å². The zero-order valence-electron chi connectivity index (χ0n) is 15.8. The second-order valence-electron chi connectivity index (χ2n) is 8.63. The fourth-order valence-corrected chi connectivity index (χ4v) is 4.75. The SMILES string of the molecule is Cc1cnn2c(N[C@H]3CC[C@H](N)C3)cc([C@H](C)C3(C)CCCC3)nc12. The van der Waals surface area contributed by atoms with E-state index in [0.717, 1.165) is 36.3 Å². The molecule has 5 nitrogen and oxygen atoms in total. The van der Waals surface area contributed by atoms with Crippen LogP contribution in [0.3, 0.4) is 0 Å². The molecule has 0 aliphatic heterocycles. The zero-order chi connectivity index (χ0) is 17.6. The lowest BCUT2D eigenvalue weighted by molar-refractivity contribution is 0.272. The predicted molar refractivity (Wildman–Crippen MR) is 102 cm³/mol. The van der Waals surface area contributed by atoms with Crippen molar-refractivity contribution < 1.29 is 0 Å². The van der Waals surface area contributed by atoms with Crippen molar-refractivity contribution in [2.45, 2.75) is 83.7 Å². The van der Waals surface area contributed by atoms with Gasteiger partial charge in [0.1, 0.15) is 5.82 Å². The molecular weight excluding hydrogens is 310 g/mol. The topological polar surface area (TPSA) is 68.2 Å². The summed E-state index contributed by atoms with van der Waals surface area (Å²) in [6.07, 6.45) is 10.5. The van der Waals surface area contributed by atoms with Crippen molar-refractivity contribution in [3.63, 3.8) is 0 Å². The molecule has 2 heterocycles. The molecule has 2 aliphatic carbocycles. The largest absolute Gasteiger partial charge is 0.367 e. The van der Waals surface area contributed by atoms with E-state index in [9.17, 15) is 0 Å². The summed E-state index contributed by atoms with van der Waals surface area (Å²) in [4.78, 5) is 5.01. The maximum Gasteiger partial charge on any atom is 0.160 e. The van der Waals surface area contributed by atoms with Gasteiger partial charge < -0.3 is 11.1 Å². The molecule has 2 fully saturated rings. The summed E-state index contributed by atoms with van der Waals surface area (Å²) in [5.41, 5.74) is 9.78. The molecule has 4 rings (SSSR count). The van der Waals surface area contributed by atoms with E-state index in [0.29, 0.717) is 23.4 Å². The molecule has 3 N–H and O–H groups in total. The maximum atomic E-state index is 6.10. The number of fused-ring (bicyclic) bond motifs is 1. The molecule has 2 aliphatic rings. The van der Waals surface area contributed by atoms with E-state index in [1.807, 2.05) is 10.7 Å². The second kappa shape index (κ2) is 6.27. The van der Waals surface area contributed by atoms with E-state index in [-0.39, 0.29) is 0 Å². The van der Waals surface area contributed by atoms with Gasteiger partial charge in [-0.3, -0.25) is 0 Å². The molecule has 0 radical (unpaired) electrons. The van der Waals surface area contributed by atoms with Gasteiger partial charge in [0.05, 0.1) is 6.20 Å². The molecule has 0 aromatic carbocycles. The lowest BCUT2D eigenvalue weighted by atomic mass is 9.75. The Hall–Kier alpha value is -1.62. The minimum Gasteiger partial charge on any atom is -0.367 e. The van der Waals surface area contributed by atoms with Crippen LogP contribution in [0.1, 0.15) is 76.0 Å². The first-order chi connectivity index (χ1) is 12.0. The minimum absolute atomic E-state index is 0.324. The monoisotopic (exact) mass is 341 g/mol. The van der Waals surface area contributed by atoms with E-state index >= 15 is 0 Å². The normalized spacial score (nSPS) is 27.0. The van der Waals surface area contributed by atoms with Crippen LogP contribution >= 0.6 is 0 Å². The molecule has 0 bridgehead atoms. The van der Waals surface area contributed by atoms with Gasteiger partial charge in [-0.1, -0.05) is 26.7 Å². The molecule has 0 spiro atoms. The quantitative estimate of drug-likeness (QED) is 0.881. The van der Waals surface area contributed by atoms with Crippen LogP contribution in [-0.2, 0) is 0 Å². The smallest absolute Gasteiger partial charge is 0.160 e. The third kappa shape index (κ3) is 3.03. The third-order valence-corrected chi connectivity index (χ3v) is 6.73. The summed E-state index contributed by atoms with van der Waals surface area (Å²) in [7, 11) is 0. The molecule has 0 unspecified atom stereocenters. The summed E-state index contributed by atoms with van der Waals surface area (Å²) >= 11 is 0. The van der Waals surface area contributed by atoms with Crippen LogP contribution < -0.4 is 11.1 Å². The lowest BCUT2D eigenvalue weighted by Gasteiger charge is -2.31. The number of anilines is 1. The molecule has 136 valence electrons. The molecule has 0 saturated heterocycles. The Labute approximate surface area is 150 Å². The summed E-state index contributed by atoms with van der Waals surface area (Å²) < 4.78 is 1.96. The predicted octanol–water partition coefficient (Wildman–Crippen LogP) is 4.01. The average molecular weight is 342 g/mol. The molecular formula is C20H31N5. The maximum absolute atomic E-state index is 6.10. The highest BCUT2D eigenvalue weighted by Gasteiger charge is 2.36. The Balaban J connectivity index is 1.71. The summed E-state index contributed by atoms with van der Waals surface area (Å²) in [5, 5.41) is 8.26. The van der Waals surface area contributed by atoms with Gasteiger partial charge in [-0.2, -0.15) is 9.61 Å². The lowest BCUT2D eigenvalue weighted by Crippen LogP contribution is -2.24. The number of aromatic nitrogens is 3. The average Bonchev–Trinajstić information content (AvgIpc) is 3.29. The number of hydrogen-bond donors (Lipinski definition) is 2. The van der Waals surface area contributed by atoms with E-state index in [1.54, 1.807) is 0 Å². The van der Waals surface area contributed by atoms with Crippen molar-refractivity contribution >= 4 is 11.5 Å². The molecule has 2 aromatic rings. The molecule has 5 heteroatoms. The van der Waals surface area contributed by atoms with Crippen LogP contribution in [0.5, 0.6) is 0 Å². The number of aryl methyl sites for hydroxylation is 1. The first-order valence-electron chi connectivity index (χ1n) is 9.84. The second-order valence-corrected chi connectivity index (χ2v) is 8.63. The highest BCUT2D eigenvalue weighted by molar-refractivity contribution is 5.54. The van der Waals surface area contributed by atoms with Crippen LogP contribution in [0.25, 0.3) is 5.65 Å². The van der Waals surface area contributed by atoms with Crippen LogP contribution in [0.2, 0.25) is 0 Å². The Morgan fingerprint density at radius 3 is 2.76 bits per heavy atom. The van der Waals surface area contributed by atoms with Gasteiger partial charge >= 0.3 is 0 Å². The van der Waals surface area contributed by atoms with Gasteiger partial charge in [0, 0.05) is 35.3 Å². The van der Waals surface area contributed by atoms with Gasteiger partial charge in [-0.15, -0.1) is 0 Å². The van der Waals surface area contributed by atoms with Crippen LogP contribution in [0, 0.1) is 12.3 Å². The molecule has 2 saturated carbocycles. The van der Waals surface area contributed by atoms with Gasteiger partial charge in [0.2, 0.25) is 0 Å². The van der Waals surface area contributed by atoms with Crippen molar-refractivity contribution in [3.8, 4) is 0 Å². The van der Waals surface area contributed by atoms with Gasteiger partial charge in [-0.05, 0) is 44.4 Å². The van der Waals surface area contributed by atoms with E-state index < -0.39 is 0 Å². The van der Waals surface area contributed by atoms with Crippen molar-refractivity contribution in [2.24, 2.45) is 11.1 Å². The first-order valence-corrected chi connectivity index (χ1v) is 9.84. The Bertz CT molecular complexity index is 759. The van der Waals surface area contributed by atoms with Gasteiger partial charge in [-0.25, -0.2) is 4.98 Å². The summed E-state index contributed by atoms with van der Waals surface area (Å²) in [6.45, 7) is 6.88. The number of nitrogens with zero attached hydrogens (tertiary/aromatic N) is 3. The minimum atomic E-state index is 0.324. The van der Waals surface area contributed by atoms with Crippen LogP contribution in [-0.4, -0.2) is 26.7 Å². The number of nitrogens with two attached hydrogens (primary N) is 1. The van der Waals surface area contributed by atoms with Crippen LogP contribution in [0.4, 0.5) is 5.82 Å². The fourth-order valence-electron chi connectivity index (χ4n) is 4.75. The summed E-state index contributed by atoms with van der Waals surface area (Å²) in [5.74, 6) is 1.53. The third-order valence-electron chi connectivity index (χ3n) is 6.73. The number of nitrogens with one attached hydrogen (secondary N) is 1. The van der Waals surface area contributed by atoms with Crippen molar-refractivity contribution in [1.29, 1.82) is 0 Å². The number of rotatable bonds is 4. The first kappa shape index (κ1) is 16.8. The zero-order valence-corrected chi connectivity index (χ0v) is 15.8. The Morgan fingerprint density at radius 2 is 2.08 bits per heavy atom. The van der Waals surface area contributed by atoms with Crippen molar-refractivity contribution in [2.75, 3.05) is 5.32 Å². The molecule has 0 amide bonds. The van der Waals surface area contributed by atoms with Gasteiger partial charge in [0.15, 0.2) is 5.65 Å². The fraction of sp³-hybridized carbons (Fsp3) is 0.700. The Morgan fingerprint density at radius 1 is 1.32 bits per heavy atom. The highest BCUT2D eigenvalue weighted by Crippen LogP contribution is 2.48. The molecule has 3 atom stereocenters. The summed E-state index contributed by atoms with van der Waals surface area (Å²) in [6, 6.07) is 3.00. The van der Waals surface area contributed by atoms with E-state index in [2.05, 4.69) is 37.3 Å². The Kier molecular flexibility index (Phi) is 4.22. The van der Waals surface area contributed by atoms with Crippen molar-refractivity contribution in [3.05, 3.63) is 23.5 Å². The molecule has 2 aromatic heterocycles.